The quantitative estimate of drug-likeness (QED) is 0.931. The smallest absolute Gasteiger partial charge is 0.251 e. The predicted molar refractivity (Wildman–Crippen MR) is 92.2 cm³/mol. The van der Waals surface area contributed by atoms with Gasteiger partial charge in [-0.25, -0.2) is 4.98 Å². The minimum Gasteiger partial charge on any atom is -0.307 e. The zero-order valence-electron chi connectivity index (χ0n) is 14.1. The van der Waals surface area contributed by atoms with Crippen molar-refractivity contribution in [3.63, 3.8) is 0 Å². The van der Waals surface area contributed by atoms with E-state index in [1.807, 2.05) is 12.1 Å². The van der Waals surface area contributed by atoms with Gasteiger partial charge in [0.2, 0.25) is 0 Å². The number of hydrogen-bond acceptors (Lipinski definition) is 3. The predicted octanol–water partition coefficient (Wildman–Crippen LogP) is 4.01. The lowest BCUT2D eigenvalue weighted by atomic mass is 9.69. The molecule has 1 aliphatic rings. The molecular formula is C19H25N3O. The lowest BCUT2D eigenvalue weighted by molar-refractivity contribution is 0.194. The summed E-state index contributed by atoms with van der Waals surface area (Å²) in [5, 5.41) is 0. The van der Waals surface area contributed by atoms with Gasteiger partial charge in [-0.15, -0.1) is 0 Å². The Labute approximate surface area is 137 Å². The molecule has 0 unspecified atom stereocenters. The lowest BCUT2D eigenvalue weighted by Crippen LogP contribution is -2.28. The normalized spacial score (nSPS) is 24.8. The maximum Gasteiger partial charge on any atom is 0.251 e. The largest absolute Gasteiger partial charge is 0.307 e. The van der Waals surface area contributed by atoms with Crippen LogP contribution in [0.2, 0.25) is 0 Å². The summed E-state index contributed by atoms with van der Waals surface area (Å²) >= 11 is 0. The van der Waals surface area contributed by atoms with Gasteiger partial charge in [-0.05, 0) is 42.7 Å². The van der Waals surface area contributed by atoms with Gasteiger partial charge in [-0.2, -0.15) is 0 Å². The molecule has 0 saturated heterocycles. The van der Waals surface area contributed by atoms with Crippen molar-refractivity contribution in [1.82, 2.24) is 15.0 Å². The molecule has 4 nitrogen and oxygen atoms in total. The van der Waals surface area contributed by atoms with Gasteiger partial charge in [0.25, 0.3) is 5.56 Å². The third kappa shape index (κ3) is 3.52. The molecule has 0 bridgehead atoms. The van der Waals surface area contributed by atoms with Gasteiger partial charge < -0.3 is 4.98 Å². The second kappa shape index (κ2) is 6.65. The van der Waals surface area contributed by atoms with Crippen LogP contribution in [0, 0.1) is 17.8 Å². The third-order valence-electron chi connectivity index (χ3n) is 5.12. The van der Waals surface area contributed by atoms with E-state index < -0.39 is 0 Å². The zero-order chi connectivity index (χ0) is 16.4. The first-order valence-corrected chi connectivity index (χ1v) is 8.56. The number of nitrogens with zero attached hydrogens (tertiary/aromatic N) is 2. The van der Waals surface area contributed by atoms with Crippen LogP contribution in [0.5, 0.6) is 0 Å². The molecule has 23 heavy (non-hydrogen) atoms. The fourth-order valence-electron chi connectivity index (χ4n) is 3.86. The highest BCUT2D eigenvalue weighted by Gasteiger charge is 2.33. The third-order valence-corrected chi connectivity index (χ3v) is 5.12. The van der Waals surface area contributed by atoms with Gasteiger partial charge in [-0.1, -0.05) is 27.2 Å². The van der Waals surface area contributed by atoms with E-state index in [-0.39, 0.29) is 5.56 Å². The molecule has 1 N–H and O–H groups in total. The number of hydrogen-bond donors (Lipinski definition) is 1. The maximum atomic E-state index is 12.2. The van der Waals surface area contributed by atoms with E-state index in [1.165, 1.54) is 12.8 Å². The van der Waals surface area contributed by atoms with Crippen LogP contribution in [0.25, 0.3) is 11.4 Å². The van der Waals surface area contributed by atoms with Crippen LogP contribution in [0.1, 0.15) is 51.6 Å². The highest BCUT2D eigenvalue weighted by atomic mass is 16.1. The summed E-state index contributed by atoms with van der Waals surface area (Å²) in [6, 6.07) is 5.46. The van der Waals surface area contributed by atoms with E-state index in [4.69, 9.17) is 4.98 Å². The molecule has 1 saturated carbocycles. The number of rotatable bonds is 3. The Bertz CT molecular complexity index is 708. The molecular weight excluding hydrogens is 286 g/mol. The fourth-order valence-corrected chi connectivity index (χ4v) is 3.86. The minimum absolute atomic E-state index is 0.0671. The molecule has 3 atom stereocenters. The SMILES string of the molecule is CC(C)[C@@H]1CC[C@@H](C)C[C@H]1c1cc(=O)[nH]c(-c2ccncc2)n1. The molecule has 3 rings (SSSR count). The molecule has 2 heterocycles. The van der Waals surface area contributed by atoms with Gasteiger partial charge >= 0.3 is 0 Å². The zero-order valence-corrected chi connectivity index (χ0v) is 14.1. The highest BCUT2D eigenvalue weighted by molar-refractivity contribution is 5.53. The molecule has 2 aromatic rings. The standard InChI is InChI=1S/C19H25N3O/c1-12(2)15-5-4-13(3)10-16(15)17-11-18(23)22-19(21-17)14-6-8-20-9-7-14/h6-9,11-13,15-16H,4-5,10H2,1-3H3,(H,21,22,23)/t13-,15+,16-/m1/s1. The summed E-state index contributed by atoms with van der Waals surface area (Å²) in [6.07, 6.45) is 7.07. The summed E-state index contributed by atoms with van der Waals surface area (Å²) in [6.45, 7) is 6.87. The summed E-state index contributed by atoms with van der Waals surface area (Å²) in [5.41, 5.74) is 1.79. The fraction of sp³-hybridized carbons (Fsp3) is 0.526. The molecule has 0 radical (unpaired) electrons. The summed E-state index contributed by atoms with van der Waals surface area (Å²) < 4.78 is 0. The average Bonchev–Trinajstić information content (AvgIpc) is 2.54. The highest BCUT2D eigenvalue weighted by Crippen LogP contribution is 2.43. The first-order chi connectivity index (χ1) is 11.0. The van der Waals surface area contributed by atoms with Crippen molar-refractivity contribution in [3.8, 4) is 11.4 Å². The summed E-state index contributed by atoms with van der Waals surface area (Å²) in [5.74, 6) is 2.93. The van der Waals surface area contributed by atoms with Gasteiger partial charge in [0.15, 0.2) is 0 Å². The molecule has 0 amide bonds. The Hall–Kier alpha value is -1.97. The molecule has 0 spiro atoms. The van der Waals surface area contributed by atoms with Crippen molar-refractivity contribution in [2.45, 2.75) is 46.0 Å². The van der Waals surface area contributed by atoms with Crippen LogP contribution in [-0.2, 0) is 0 Å². The average molecular weight is 311 g/mol. The monoisotopic (exact) mass is 311 g/mol. The molecule has 1 aliphatic carbocycles. The van der Waals surface area contributed by atoms with Gasteiger partial charge in [-0.3, -0.25) is 9.78 Å². The Morgan fingerprint density at radius 3 is 2.65 bits per heavy atom. The van der Waals surface area contributed by atoms with Crippen molar-refractivity contribution in [1.29, 1.82) is 0 Å². The van der Waals surface area contributed by atoms with Crippen molar-refractivity contribution in [2.24, 2.45) is 17.8 Å². The minimum atomic E-state index is -0.0671. The summed E-state index contributed by atoms with van der Waals surface area (Å²) in [4.78, 5) is 23.9. The number of nitrogens with one attached hydrogen (secondary N) is 1. The van der Waals surface area contributed by atoms with Crippen LogP contribution < -0.4 is 5.56 Å². The van der Waals surface area contributed by atoms with Crippen LogP contribution in [-0.4, -0.2) is 15.0 Å². The molecule has 4 heteroatoms. The Kier molecular flexibility index (Phi) is 4.60. The van der Waals surface area contributed by atoms with Crippen LogP contribution in [0.3, 0.4) is 0 Å². The van der Waals surface area contributed by atoms with E-state index in [1.54, 1.807) is 18.5 Å². The van der Waals surface area contributed by atoms with Crippen LogP contribution in [0.15, 0.2) is 35.4 Å². The summed E-state index contributed by atoms with van der Waals surface area (Å²) in [7, 11) is 0. The van der Waals surface area contributed by atoms with Gasteiger partial charge in [0.05, 0.1) is 5.69 Å². The van der Waals surface area contributed by atoms with Gasteiger partial charge in [0.1, 0.15) is 5.82 Å². The second-order valence-corrected chi connectivity index (χ2v) is 7.19. The van der Waals surface area contributed by atoms with Gasteiger partial charge in [0, 0.05) is 29.9 Å². The van der Waals surface area contributed by atoms with E-state index in [0.717, 1.165) is 17.7 Å². The topological polar surface area (TPSA) is 58.6 Å². The van der Waals surface area contributed by atoms with Crippen molar-refractivity contribution >= 4 is 0 Å². The number of pyridine rings is 1. The van der Waals surface area contributed by atoms with Crippen LogP contribution in [0.4, 0.5) is 0 Å². The number of aromatic nitrogens is 3. The Morgan fingerprint density at radius 2 is 1.96 bits per heavy atom. The first kappa shape index (κ1) is 15.9. The lowest BCUT2D eigenvalue weighted by Gasteiger charge is -2.37. The molecule has 0 aliphatic heterocycles. The van der Waals surface area contributed by atoms with Crippen molar-refractivity contribution in [2.75, 3.05) is 0 Å². The molecule has 0 aromatic carbocycles. The van der Waals surface area contributed by atoms with E-state index >= 15 is 0 Å². The molecule has 122 valence electrons. The van der Waals surface area contributed by atoms with E-state index in [9.17, 15) is 4.79 Å². The van der Waals surface area contributed by atoms with E-state index in [2.05, 4.69) is 30.7 Å². The number of aromatic amines is 1. The first-order valence-electron chi connectivity index (χ1n) is 8.56. The number of H-pyrrole nitrogens is 1. The molecule has 1 fully saturated rings. The molecule has 2 aromatic heterocycles. The van der Waals surface area contributed by atoms with Crippen molar-refractivity contribution in [3.05, 3.63) is 46.6 Å². The van der Waals surface area contributed by atoms with Crippen LogP contribution >= 0.6 is 0 Å². The Balaban J connectivity index is 2.01. The van der Waals surface area contributed by atoms with Crippen molar-refractivity contribution < 1.29 is 0 Å². The van der Waals surface area contributed by atoms with E-state index in [0.29, 0.717) is 29.5 Å². The Morgan fingerprint density at radius 1 is 1.22 bits per heavy atom. The second-order valence-electron chi connectivity index (χ2n) is 7.19. The maximum absolute atomic E-state index is 12.2.